The van der Waals surface area contributed by atoms with Gasteiger partial charge in [0.15, 0.2) is 0 Å². The number of nitrogens with zero attached hydrogens (tertiary/aromatic N) is 2. The maximum Gasteiger partial charge on any atom is 0.310 e. The summed E-state index contributed by atoms with van der Waals surface area (Å²) in [4.78, 5) is 21.8. The van der Waals surface area contributed by atoms with E-state index in [9.17, 15) is 9.59 Å². The summed E-state index contributed by atoms with van der Waals surface area (Å²) in [6, 6.07) is 7.26. The quantitative estimate of drug-likeness (QED) is 0.855. The number of benzene rings is 1. The second kappa shape index (κ2) is 5.56. The van der Waals surface area contributed by atoms with Gasteiger partial charge in [0.1, 0.15) is 0 Å². The number of nitrogens with two attached hydrogens (primary N) is 1. The number of carbonyl (C=O) groups excluding carboxylic acids is 1. The summed E-state index contributed by atoms with van der Waals surface area (Å²) in [6.45, 7) is 2.14. The maximum absolute atomic E-state index is 11.0. The number of primary amides is 1. The molecule has 0 saturated heterocycles. The lowest BCUT2D eigenvalue weighted by Crippen LogP contribution is -2.09. The van der Waals surface area contributed by atoms with Crippen LogP contribution in [0.15, 0.2) is 36.7 Å². The Kier molecular flexibility index (Phi) is 3.84. The molecular weight excluding hydrogens is 258 g/mol. The molecule has 1 heterocycles. The fraction of sp³-hybridized carbons (Fsp3) is 0.214. The maximum atomic E-state index is 11.0. The third kappa shape index (κ3) is 3.03. The highest BCUT2D eigenvalue weighted by molar-refractivity contribution is 5.92. The first-order chi connectivity index (χ1) is 9.47. The van der Waals surface area contributed by atoms with E-state index in [2.05, 4.69) is 5.10 Å². The lowest BCUT2D eigenvalue weighted by atomic mass is 10.0. The largest absolute Gasteiger partial charge is 0.481 e. The average molecular weight is 273 g/mol. The van der Waals surface area contributed by atoms with Crippen molar-refractivity contribution in [2.24, 2.45) is 5.73 Å². The number of carboxylic acids is 1. The fourth-order valence-corrected chi connectivity index (χ4v) is 1.82. The minimum Gasteiger partial charge on any atom is -0.481 e. The lowest BCUT2D eigenvalue weighted by molar-refractivity contribution is -0.138. The zero-order valence-corrected chi connectivity index (χ0v) is 11.0. The summed E-state index contributed by atoms with van der Waals surface area (Å²) in [6.07, 6.45) is 3.00. The van der Waals surface area contributed by atoms with E-state index in [1.807, 2.05) is 12.1 Å². The number of carbonyl (C=O) groups is 2. The summed E-state index contributed by atoms with van der Waals surface area (Å²) >= 11 is 0. The molecular formula is C14H15N3O3. The molecule has 0 saturated carbocycles. The van der Waals surface area contributed by atoms with Crippen LogP contribution in [-0.4, -0.2) is 26.8 Å². The van der Waals surface area contributed by atoms with Crippen molar-refractivity contribution in [1.29, 1.82) is 0 Å². The molecule has 1 aromatic carbocycles. The molecule has 3 N–H and O–H groups in total. The highest BCUT2D eigenvalue weighted by atomic mass is 16.4. The highest BCUT2D eigenvalue weighted by Gasteiger charge is 2.13. The Hall–Kier alpha value is -2.63. The molecule has 1 aromatic heterocycles. The van der Waals surface area contributed by atoms with Crippen LogP contribution < -0.4 is 5.73 Å². The molecule has 0 bridgehead atoms. The predicted molar refractivity (Wildman–Crippen MR) is 72.3 cm³/mol. The van der Waals surface area contributed by atoms with Crippen LogP contribution in [0.4, 0.5) is 0 Å². The molecule has 0 aliphatic heterocycles. The van der Waals surface area contributed by atoms with Gasteiger partial charge in [-0.2, -0.15) is 5.10 Å². The van der Waals surface area contributed by atoms with Crippen LogP contribution in [0.2, 0.25) is 0 Å². The Morgan fingerprint density at radius 1 is 1.35 bits per heavy atom. The molecule has 0 radical (unpaired) electrons. The van der Waals surface area contributed by atoms with E-state index in [4.69, 9.17) is 10.8 Å². The smallest absolute Gasteiger partial charge is 0.310 e. The van der Waals surface area contributed by atoms with Crippen LogP contribution in [-0.2, 0) is 11.3 Å². The first kappa shape index (κ1) is 13.8. The van der Waals surface area contributed by atoms with Crippen molar-refractivity contribution in [3.63, 3.8) is 0 Å². The molecule has 2 rings (SSSR count). The number of aromatic nitrogens is 2. The Labute approximate surface area is 115 Å². The summed E-state index contributed by atoms with van der Waals surface area (Å²) < 4.78 is 1.61. The molecule has 0 aliphatic carbocycles. The van der Waals surface area contributed by atoms with Crippen molar-refractivity contribution >= 4 is 11.9 Å². The Morgan fingerprint density at radius 3 is 2.50 bits per heavy atom. The van der Waals surface area contributed by atoms with Gasteiger partial charge >= 0.3 is 5.97 Å². The monoisotopic (exact) mass is 273 g/mol. The third-order valence-electron chi connectivity index (χ3n) is 3.11. The van der Waals surface area contributed by atoms with Gasteiger partial charge in [-0.15, -0.1) is 0 Å². The van der Waals surface area contributed by atoms with Gasteiger partial charge in [0.05, 0.1) is 24.2 Å². The molecule has 0 fully saturated rings. The van der Waals surface area contributed by atoms with Crippen molar-refractivity contribution in [3.8, 4) is 0 Å². The first-order valence-electron chi connectivity index (χ1n) is 6.11. The second-order valence-electron chi connectivity index (χ2n) is 4.59. The van der Waals surface area contributed by atoms with Gasteiger partial charge in [0, 0.05) is 6.20 Å². The molecule has 0 aliphatic rings. The fourth-order valence-electron chi connectivity index (χ4n) is 1.82. The summed E-state index contributed by atoms with van der Waals surface area (Å²) in [5, 5.41) is 13.0. The topological polar surface area (TPSA) is 98.2 Å². The average Bonchev–Trinajstić information content (AvgIpc) is 2.87. The molecule has 2 aromatic rings. The Morgan fingerprint density at radius 2 is 2.00 bits per heavy atom. The Balaban J connectivity index is 2.10. The summed E-state index contributed by atoms with van der Waals surface area (Å²) in [7, 11) is 0. The Bertz CT molecular complexity index is 631. The summed E-state index contributed by atoms with van der Waals surface area (Å²) in [5.41, 5.74) is 7.23. The van der Waals surface area contributed by atoms with E-state index in [1.54, 1.807) is 29.9 Å². The van der Waals surface area contributed by atoms with Crippen molar-refractivity contribution in [2.45, 2.75) is 19.4 Å². The minimum atomic E-state index is -0.851. The van der Waals surface area contributed by atoms with Gasteiger partial charge in [-0.05, 0) is 18.1 Å². The molecule has 104 valence electrons. The van der Waals surface area contributed by atoms with Gasteiger partial charge in [0.25, 0.3) is 5.91 Å². The number of carboxylic acid groups (broad SMARTS) is 1. The number of hydrogen-bond acceptors (Lipinski definition) is 3. The van der Waals surface area contributed by atoms with Crippen LogP contribution in [0.1, 0.15) is 34.3 Å². The minimum absolute atomic E-state index is 0.362. The van der Waals surface area contributed by atoms with E-state index >= 15 is 0 Å². The van der Waals surface area contributed by atoms with Gasteiger partial charge in [-0.3, -0.25) is 14.3 Å². The molecule has 1 atom stereocenters. The van der Waals surface area contributed by atoms with E-state index < -0.39 is 17.8 Å². The zero-order chi connectivity index (χ0) is 14.7. The van der Waals surface area contributed by atoms with Crippen LogP contribution in [0.5, 0.6) is 0 Å². The van der Waals surface area contributed by atoms with Gasteiger partial charge in [-0.1, -0.05) is 24.3 Å². The molecule has 6 heteroatoms. The van der Waals surface area contributed by atoms with Crippen molar-refractivity contribution in [1.82, 2.24) is 9.78 Å². The van der Waals surface area contributed by atoms with Crippen LogP contribution in [0.3, 0.4) is 0 Å². The van der Waals surface area contributed by atoms with E-state index in [0.717, 1.165) is 11.1 Å². The SMILES string of the molecule is CC(C(=O)O)c1ccc(Cn2cc(C(N)=O)cn2)cc1. The molecule has 0 spiro atoms. The van der Waals surface area contributed by atoms with Crippen molar-refractivity contribution in [3.05, 3.63) is 53.3 Å². The van der Waals surface area contributed by atoms with Crippen molar-refractivity contribution in [2.75, 3.05) is 0 Å². The normalized spacial score (nSPS) is 12.1. The molecule has 6 nitrogen and oxygen atoms in total. The van der Waals surface area contributed by atoms with E-state index in [0.29, 0.717) is 12.1 Å². The first-order valence-corrected chi connectivity index (χ1v) is 6.11. The van der Waals surface area contributed by atoms with Gasteiger partial charge in [-0.25, -0.2) is 0 Å². The lowest BCUT2D eigenvalue weighted by Gasteiger charge is -2.08. The van der Waals surface area contributed by atoms with Crippen LogP contribution in [0.25, 0.3) is 0 Å². The summed E-state index contributed by atoms with van der Waals surface area (Å²) in [5.74, 6) is -1.90. The second-order valence-corrected chi connectivity index (χ2v) is 4.59. The number of aliphatic carboxylic acids is 1. The van der Waals surface area contributed by atoms with Crippen LogP contribution in [0, 0.1) is 0 Å². The third-order valence-corrected chi connectivity index (χ3v) is 3.11. The van der Waals surface area contributed by atoms with Crippen molar-refractivity contribution < 1.29 is 14.7 Å². The number of rotatable bonds is 5. The highest BCUT2D eigenvalue weighted by Crippen LogP contribution is 2.16. The zero-order valence-electron chi connectivity index (χ0n) is 11.0. The van der Waals surface area contributed by atoms with E-state index in [-0.39, 0.29) is 0 Å². The number of hydrogen-bond donors (Lipinski definition) is 2. The van der Waals surface area contributed by atoms with Gasteiger partial charge in [0.2, 0.25) is 0 Å². The molecule has 1 amide bonds. The predicted octanol–water partition coefficient (Wildman–Crippen LogP) is 1.22. The number of amides is 1. The van der Waals surface area contributed by atoms with E-state index in [1.165, 1.54) is 6.20 Å². The molecule has 20 heavy (non-hydrogen) atoms. The van der Waals surface area contributed by atoms with Crippen LogP contribution >= 0.6 is 0 Å². The standard InChI is InChI=1S/C14H15N3O3/c1-9(14(19)20)11-4-2-10(3-5-11)7-17-8-12(6-16-17)13(15)18/h2-6,8-9H,7H2,1H3,(H2,15,18)(H,19,20). The van der Waals surface area contributed by atoms with Gasteiger partial charge < -0.3 is 10.8 Å². The molecule has 1 unspecified atom stereocenters.